The number of para-hydroxylation sites is 1. The zero-order valence-corrected chi connectivity index (χ0v) is 20.8. The fourth-order valence-corrected chi connectivity index (χ4v) is 4.04. The molecule has 0 N–H and O–H groups in total. The minimum absolute atomic E-state index is 0.213. The summed E-state index contributed by atoms with van der Waals surface area (Å²) in [5.41, 5.74) is 3.91. The first kappa shape index (κ1) is 23.0. The monoisotopic (exact) mass is 553 g/mol. The molecule has 0 amide bonds. The first-order valence-electron chi connectivity index (χ1n) is 10.6. The third-order valence-corrected chi connectivity index (χ3v) is 5.91. The van der Waals surface area contributed by atoms with Crippen LogP contribution in [0.2, 0.25) is 0 Å². The number of esters is 1. The predicted molar refractivity (Wildman–Crippen MR) is 138 cm³/mol. The van der Waals surface area contributed by atoms with Gasteiger partial charge in [-0.15, -0.1) is 0 Å². The van der Waals surface area contributed by atoms with Gasteiger partial charge in [0.2, 0.25) is 5.90 Å². The van der Waals surface area contributed by atoms with Crippen LogP contribution < -0.4 is 9.47 Å². The molecule has 0 bridgehead atoms. The first-order valence-corrected chi connectivity index (χ1v) is 11.7. The molecular weight excluding hydrogens is 529 g/mol. The Hall–Kier alpha value is -3.13. The molecular formula is C27H24INO4. The van der Waals surface area contributed by atoms with Crippen molar-refractivity contribution in [1.82, 2.24) is 0 Å². The molecule has 3 aromatic carbocycles. The summed E-state index contributed by atoms with van der Waals surface area (Å²) in [6.07, 6.45) is 1.67. The molecule has 5 nitrogen and oxygen atoms in total. The van der Waals surface area contributed by atoms with E-state index in [1.54, 1.807) is 13.2 Å². The van der Waals surface area contributed by atoms with Crippen LogP contribution in [0.3, 0.4) is 0 Å². The largest absolute Gasteiger partial charge is 0.493 e. The van der Waals surface area contributed by atoms with Crippen LogP contribution in [-0.2, 0) is 16.1 Å². The van der Waals surface area contributed by atoms with Gasteiger partial charge in [0.05, 0.1) is 7.11 Å². The Bertz CT molecular complexity index is 1230. The van der Waals surface area contributed by atoms with E-state index in [9.17, 15) is 4.79 Å². The summed E-state index contributed by atoms with van der Waals surface area (Å²) in [6, 6.07) is 21.5. The molecule has 1 heterocycles. The highest BCUT2D eigenvalue weighted by atomic mass is 127. The Morgan fingerprint density at radius 1 is 1.06 bits per heavy atom. The normalized spacial score (nSPS) is 14.4. The average Bonchev–Trinajstić information content (AvgIpc) is 3.18. The van der Waals surface area contributed by atoms with E-state index in [0.717, 1.165) is 14.7 Å². The summed E-state index contributed by atoms with van der Waals surface area (Å²) in [7, 11) is 1.59. The van der Waals surface area contributed by atoms with Gasteiger partial charge in [-0.3, -0.25) is 0 Å². The zero-order chi connectivity index (χ0) is 23.4. The second kappa shape index (κ2) is 10.2. The molecule has 4 rings (SSSR count). The van der Waals surface area contributed by atoms with Crippen LogP contribution in [0.5, 0.6) is 11.5 Å². The Balaban J connectivity index is 1.63. The molecule has 0 radical (unpaired) electrons. The smallest absolute Gasteiger partial charge is 0.363 e. The molecule has 0 saturated carbocycles. The number of carbonyl (C=O) groups excluding carboxylic acids is 1. The molecule has 33 heavy (non-hydrogen) atoms. The molecule has 0 spiro atoms. The number of rotatable bonds is 7. The van der Waals surface area contributed by atoms with Crippen molar-refractivity contribution in [3.63, 3.8) is 0 Å². The van der Waals surface area contributed by atoms with Crippen LogP contribution in [0, 0.1) is 3.57 Å². The topological polar surface area (TPSA) is 57.1 Å². The van der Waals surface area contributed by atoms with Crippen LogP contribution in [-0.4, -0.2) is 19.0 Å². The van der Waals surface area contributed by atoms with E-state index in [-0.39, 0.29) is 5.70 Å². The van der Waals surface area contributed by atoms with Gasteiger partial charge in [0.1, 0.15) is 6.61 Å². The molecule has 0 saturated heterocycles. The van der Waals surface area contributed by atoms with Crippen LogP contribution in [0.15, 0.2) is 77.4 Å². The van der Waals surface area contributed by atoms with Gasteiger partial charge in [-0.2, -0.15) is 0 Å². The lowest BCUT2D eigenvalue weighted by Gasteiger charge is -2.13. The van der Waals surface area contributed by atoms with E-state index in [4.69, 9.17) is 14.2 Å². The molecule has 0 fully saturated rings. The van der Waals surface area contributed by atoms with Crippen molar-refractivity contribution in [3.8, 4) is 11.5 Å². The highest BCUT2D eigenvalue weighted by molar-refractivity contribution is 14.1. The Labute approximate surface area is 207 Å². The van der Waals surface area contributed by atoms with Crippen molar-refractivity contribution in [3.05, 3.63) is 98.3 Å². The number of aliphatic imine (C=N–C) groups is 1. The van der Waals surface area contributed by atoms with Crippen molar-refractivity contribution in [2.75, 3.05) is 7.11 Å². The summed E-state index contributed by atoms with van der Waals surface area (Å²) < 4.78 is 18.2. The van der Waals surface area contributed by atoms with Gasteiger partial charge >= 0.3 is 5.97 Å². The number of cyclic esters (lactones) is 1. The van der Waals surface area contributed by atoms with Crippen molar-refractivity contribution in [2.24, 2.45) is 4.99 Å². The van der Waals surface area contributed by atoms with Crippen molar-refractivity contribution in [1.29, 1.82) is 0 Å². The maximum atomic E-state index is 12.5. The van der Waals surface area contributed by atoms with E-state index < -0.39 is 5.97 Å². The minimum atomic E-state index is -0.496. The summed E-state index contributed by atoms with van der Waals surface area (Å²) >= 11 is 2.27. The number of carbonyl (C=O) groups is 1. The maximum absolute atomic E-state index is 12.5. The van der Waals surface area contributed by atoms with E-state index in [1.165, 1.54) is 5.56 Å². The highest BCUT2D eigenvalue weighted by Gasteiger charge is 2.25. The third kappa shape index (κ3) is 5.45. The number of hydrogen-bond donors (Lipinski definition) is 0. The number of hydrogen-bond acceptors (Lipinski definition) is 5. The minimum Gasteiger partial charge on any atom is -0.493 e. The predicted octanol–water partition coefficient (Wildman–Crippen LogP) is 6.35. The van der Waals surface area contributed by atoms with Crippen molar-refractivity contribution >= 4 is 40.5 Å². The van der Waals surface area contributed by atoms with Gasteiger partial charge in [-0.1, -0.05) is 50.2 Å². The van der Waals surface area contributed by atoms with Crippen molar-refractivity contribution in [2.45, 2.75) is 26.4 Å². The fraction of sp³-hybridized carbons (Fsp3) is 0.185. The second-order valence-corrected chi connectivity index (χ2v) is 9.16. The molecule has 0 aliphatic carbocycles. The van der Waals surface area contributed by atoms with Gasteiger partial charge in [-0.05, 0) is 76.0 Å². The van der Waals surface area contributed by atoms with Gasteiger partial charge in [-0.25, -0.2) is 9.79 Å². The van der Waals surface area contributed by atoms with Crippen LogP contribution in [0.25, 0.3) is 6.08 Å². The zero-order valence-electron chi connectivity index (χ0n) is 18.7. The van der Waals surface area contributed by atoms with Gasteiger partial charge < -0.3 is 14.2 Å². The third-order valence-electron chi connectivity index (χ3n) is 5.24. The lowest BCUT2D eigenvalue weighted by molar-refractivity contribution is -0.129. The lowest BCUT2D eigenvalue weighted by atomic mass is 10.0. The SMILES string of the molecule is COc1cccc(/C=C2\N=C(c3ccc(C(C)C)cc3)OC2=O)c1OCc1cccc(I)c1. The number of nitrogens with zero attached hydrogens (tertiary/aromatic N) is 1. The molecule has 6 heteroatoms. The van der Waals surface area contributed by atoms with Gasteiger partial charge in [0.25, 0.3) is 0 Å². The van der Waals surface area contributed by atoms with Crippen LogP contribution >= 0.6 is 22.6 Å². The van der Waals surface area contributed by atoms with Gasteiger partial charge in [0, 0.05) is 14.7 Å². The standard InChI is InChI=1S/C27H24INO4/c1-17(2)19-10-12-20(13-11-19)26-29-23(27(30)33-26)15-21-7-5-9-24(31-3)25(21)32-16-18-6-4-8-22(28)14-18/h4-15,17H,16H2,1-3H3/b23-15-. The molecule has 0 aromatic heterocycles. The van der Waals surface area contributed by atoms with Crippen LogP contribution in [0.1, 0.15) is 42.0 Å². The number of benzene rings is 3. The Morgan fingerprint density at radius 2 is 1.82 bits per heavy atom. The van der Waals surface area contributed by atoms with E-state index >= 15 is 0 Å². The second-order valence-electron chi connectivity index (χ2n) is 7.91. The van der Waals surface area contributed by atoms with E-state index in [2.05, 4.69) is 47.5 Å². The number of halogens is 1. The molecule has 1 aliphatic rings. The van der Waals surface area contributed by atoms with Crippen LogP contribution in [0.4, 0.5) is 0 Å². The first-order chi connectivity index (χ1) is 15.9. The summed E-state index contributed by atoms with van der Waals surface area (Å²) in [6.45, 7) is 4.64. The molecule has 0 atom stereocenters. The van der Waals surface area contributed by atoms with Gasteiger partial charge in [0.15, 0.2) is 17.2 Å². The lowest BCUT2D eigenvalue weighted by Crippen LogP contribution is -2.05. The molecule has 1 aliphatic heterocycles. The summed E-state index contributed by atoms with van der Waals surface area (Å²) in [4.78, 5) is 17.0. The number of ether oxygens (including phenoxy) is 3. The molecule has 0 unspecified atom stereocenters. The van der Waals surface area contributed by atoms with Crippen molar-refractivity contribution < 1.29 is 19.0 Å². The fourth-order valence-electron chi connectivity index (χ4n) is 3.43. The summed E-state index contributed by atoms with van der Waals surface area (Å²) in [5, 5.41) is 0. The Morgan fingerprint density at radius 3 is 2.52 bits per heavy atom. The quantitative estimate of drug-likeness (QED) is 0.195. The molecule has 3 aromatic rings. The number of methoxy groups -OCH3 is 1. The molecule has 168 valence electrons. The van der Waals surface area contributed by atoms with E-state index in [1.807, 2.05) is 60.7 Å². The van der Waals surface area contributed by atoms with E-state index in [0.29, 0.717) is 35.5 Å². The average molecular weight is 553 g/mol. The highest BCUT2D eigenvalue weighted by Crippen LogP contribution is 2.34. The maximum Gasteiger partial charge on any atom is 0.363 e. The Kier molecular flexibility index (Phi) is 7.13. The summed E-state index contributed by atoms with van der Waals surface area (Å²) in [5.74, 6) is 1.35.